The molecule has 0 unspecified atom stereocenters. The molecule has 2 rings (SSSR count). The van der Waals surface area contributed by atoms with Gasteiger partial charge in [0.05, 0.1) is 12.0 Å². The predicted octanol–water partition coefficient (Wildman–Crippen LogP) is 2.43. The van der Waals surface area contributed by atoms with Crippen molar-refractivity contribution in [2.45, 2.75) is 0 Å². The maximum Gasteiger partial charge on any atom is 0.291 e. The fraction of sp³-hybridized carbons (Fsp3) is 0.0769. The minimum absolute atomic E-state index is 0.0758. The van der Waals surface area contributed by atoms with Crippen LogP contribution in [0.5, 0.6) is 5.75 Å². The number of hydrogen-bond donors (Lipinski definition) is 1. The molecule has 0 atom stereocenters. The van der Waals surface area contributed by atoms with Gasteiger partial charge < -0.3 is 14.5 Å². The molecule has 5 heteroatoms. The predicted molar refractivity (Wildman–Crippen MR) is 64.2 cm³/mol. The Morgan fingerprint density at radius 1 is 1.33 bits per heavy atom. The van der Waals surface area contributed by atoms with Gasteiger partial charge in [-0.25, -0.2) is 0 Å². The van der Waals surface area contributed by atoms with Crippen molar-refractivity contribution in [3.8, 4) is 11.8 Å². The maximum atomic E-state index is 11.8. The Bertz CT molecular complexity index is 570. The van der Waals surface area contributed by atoms with E-state index in [2.05, 4.69) is 5.32 Å². The molecule has 90 valence electrons. The first-order valence-electron chi connectivity index (χ1n) is 5.25. The van der Waals surface area contributed by atoms with Crippen molar-refractivity contribution in [1.82, 2.24) is 0 Å². The van der Waals surface area contributed by atoms with E-state index in [1.54, 1.807) is 36.4 Å². The lowest BCUT2D eigenvalue weighted by Crippen LogP contribution is -2.12. The summed E-state index contributed by atoms with van der Waals surface area (Å²) in [6.45, 7) is -0.0758. The van der Waals surface area contributed by atoms with E-state index in [1.807, 2.05) is 6.07 Å². The molecule has 0 fully saturated rings. The monoisotopic (exact) mass is 242 g/mol. The van der Waals surface area contributed by atoms with Crippen LogP contribution < -0.4 is 10.1 Å². The number of furan rings is 1. The van der Waals surface area contributed by atoms with Crippen molar-refractivity contribution in [2.75, 3.05) is 11.9 Å². The molecule has 0 aliphatic rings. The van der Waals surface area contributed by atoms with E-state index < -0.39 is 0 Å². The normalized spacial score (nSPS) is 9.50. The van der Waals surface area contributed by atoms with E-state index in [0.29, 0.717) is 11.4 Å². The first-order chi connectivity index (χ1) is 8.81. The van der Waals surface area contributed by atoms with Crippen LogP contribution in [-0.4, -0.2) is 12.5 Å². The van der Waals surface area contributed by atoms with Gasteiger partial charge in [0.1, 0.15) is 11.8 Å². The molecule has 1 N–H and O–H groups in total. The number of rotatable bonds is 4. The van der Waals surface area contributed by atoms with Crippen molar-refractivity contribution in [3.63, 3.8) is 0 Å². The molecule has 0 saturated heterocycles. The molecule has 0 radical (unpaired) electrons. The number of benzene rings is 1. The molecule has 1 aromatic heterocycles. The highest BCUT2D eigenvalue weighted by Crippen LogP contribution is 2.24. The van der Waals surface area contributed by atoms with Crippen molar-refractivity contribution in [2.24, 2.45) is 0 Å². The average Bonchev–Trinajstić information content (AvgIpc) is 2.91. The Hall–Kier alpha value is -2.74. The Kier molecular flexibility index (Phi) is 3.62. The van der Waals surface area contributed by atoms with Gasteiger partial charge >= 0.3 is 0 Å². The van der Waals surface area contributed by atoms with Gasteiger partial charge in [0, 0.05) is 0 Å². The van der Waals surface area contributed by atoms with Crippen LogP contribution >= 0.6 is 0 Å². The molecule has 0 aliphatic heterocycles. The Morgan fingerprint density at radius 2 is 2.17 bits per heavy atom. The summed E-state index contributed by atoms with van der Waals surface area (Å²) in [6, 6.07) is 12.0. The molecule has 2 aromatic rings. The number of nitriles is 1. The molecule has 0 spiro atoms. The molecular formula is C13H10N2O3. The quantitative estimate of drug-likeness (QED) is 0.893. The molecule has 0 saturated carbocycles. The summed E-state index contributed by atoms with van der Waals surface area (Å²) in [5.41, 5.74) is 0.495. The highest BCUT2D eigenvalue weighted by Gasteiger charge is 2.11. The van der Waals surface area contributed by atoms with Crippen molar-refractivity contribution in [1.29, 1.82) is 5.26 Å². The van der Waals surface area contributed by atoms with Gasteiger partial charge in [-0.3, -0.25) is 4.79 Å². The number of amides is 1. The minimum atomic E-state index is -0.368. The Morgan fingerprint density at radius 3 is 2.89 bits per heavy atom. The number of nitrogens with zero attached hydrogens (tertiary/aromatic N) is 1. The summed E-state index contributed by atoms with van der Waals surface area (Å²) < 4.78 is 10.2. The first-order valence-corrected chi connectivity index (χ1v) is 5.25. The van der Waals surface area contributed by atoms with Gasteiger partial charge in [0.25, 0.3) is 5.91 Å². The Balaban J connectivity index is 2.14. The standard InChI is InChI=1S/C13H10N2O3/c14-7-9-18-11-5-2-1-4-10(11)15-13(16)12-6-3-8-17-12/h1-6,8H,9H2,(H,15,16). The minimum Gasteiger partial charge on any atom is -0.477 e. The van der Waals surface area contributed by atoms with Crippen LogP contribution in [0, 0.1) is 11.3 Å². The van der Waals surface area contributed by atoms with Crippen LogP contribution in [0.4, 0.5) is 5.69 Å². The number of ether oxygens (including phenoxy) is 1. The summed E-state index contributed by atoms with van der Waals surface area (Å²) in [5, 5.41) is 11.1. The van der Waals surface area contributed by atoms with Crippen molar-refractivity contribution >= 4 is 11.6 Å². The van der Waals surface area contributed by atoms with E-state index in [9.17, 15) is 4.79 Å². The second kappa shape index (κ2) is 5.55. The molecule has 5 nitrogen and oxygen atoms in total. The lowest BCUT2D eigenvalue weighted by molar-refractivity contribution is 0.0996. The fourth-order valence-corrected chi connectivity index (χ4v) is 1.40. The number of carbonyl (C=O) groups excluding carboxylic acids is 1. The number of para-hydroxylation sites is 2. The van der Waals surface area contributed by atoms with Gasteiger partial charge in [-0.15, -0.1) is 0 Å². The number of nitrogens with one attached hydrogen (secondary N) is 1. The van der Waals surface area contributed by atoms with E-state index >= 15 is 0 Å². The zero-order valence-electron chi connectivity index (χ0n) is 9.42. The second-order valence-electron chi connectivity index (χ2n) is 3.37. The number of carbonyl (C=O) groups is 1. The lowest BCUT2D eigenvalue weighted by atomic mass is 10.3. The van der Waals surface area contributed by atoms with Crippen LogP contribution in [0.3, 0.4) is 0 Å². The van der Waals surface area contributed by atoms with E-state index in [0.717, 1.165) is 0 Å². The second-order valence-corrected chi connectivity index (χ2v) is 3.37. The summed E-state index contributed by atoms with van der Waals surface area (Å²) in [5.74, 6) is 0.289. The zero-order chi connectivity index (χ0) is 12.8. The smallest absolute Gasteiger partial charge is 0.291 e. The summed E-state index contributed by atoms with van der Waals surface area (Å²) in [7, 11) is 0. The fourth-order valence-electron chi connectivity index (χ4n) is 1.40. The summed E-state index contributed by atoms with van der Waals surface area (Å²) in [4.78, 5) is 11.8. The van der Waals surface area contributed by atoms with Gasteiger partial charge in [0.15, 0.2) is 12.4 Å². The van der Waals surface area contributed by atoms with E-state index in [1.165, 1.54) is 6.26 Å². The van der Waals surface area contributed by atoms with Gasteiger partial charge in [0.2, 0.25) is 0 Å². The third-order valence-corrected chi connectivity index (χ3v) is 2.17. The van der Waals surface area contributed by atoms with Gasteiger partial charge in [-0.1, -0.05) is 12.1 Å². The molecule has 18 heavy (non-hydrogen) atoms. The summed E-state index contributed by atoms with van der Waals surface area (Å²) >= 11 is 0. The average molecular weight is 242 g/mol. The topological polar surface area (TPSA) is 75.3 Å². The number of anilines is 1. The molecule has 1 heterocycles. The molecule has 0 aliphatic carbocycles. The molecule has 1 amide bonds. The van der Waals surface area contributed by atoms with Crippen molar-refractivity contribution in [3.05, 3.63) is 48.4 Å². The van der Waals surface area contributed by atoms with Crippen molar-refractivity contribution < 1.29 is 13.9 Å². The summed E-state index contributed by atoms with van der Waals surface area (Å²) in [6.07, 6.45) is 1.42. The Labute approximate surface area is 104 Å². The van der Waals surface area contributed by atoms with Crippen LogP contribution in [-0.2, 0) is 0 Å². The third kappa shape index (κ3) is 2.68. The first kappa shape index (κ1) is 11.7. The third-order valence-electron chi connectivity index (χ3n) is 2.17. The van der Waals surface area contributed by atoms with Crippen LogP contribution in [0.2, 0.25) is 0 Å². The highest BCUT2D eigenvalue weighted by molar-refractivity contribution is 6.03. The van der Waals surface area contributed by atoms with Gasteiger partial charge in [-0.2, -0.15) is 5.26 Å². The zero-order valence-corrected chi connectivity index (χ0v) is 9.42. The lowest BCUT2D eigenvalue weighted by Gasteiger charge is -2.09. The largest absolute Gasteiger partial charge is 0.477 e. The van der Waals surface area contributed by atoms with E-state index in [-0.39, 0.29) is 18.3 Å². The maximum absolute atomic E-state index is 11.8. The highest BCUT2D eigenvalue weighted by atomic mass is 16.5. The van der Waals surface area contributed by atoms with E-state index in [4.69, 9.17) is 14.4 Å². The molecule has 1 aromatic carbocycles. The van der Waals surface area contributed by atoms with Crippen LogP contribution in [0.1, 0.15) is 10.6 Å². The molecule has 0 bridgehead atoms. The SMILES string of the molecule is N#CCOc1ccccc1NC(=O)c1ccco1. The molecular weight excluding hydrogens is 232 g/mol. The van der Waals surface area contributed by atoms with Crippen LogP contribution in [0.15, 0.2) is 47.1 Å². The van der Waals surface area contributed by atoms with Crippen LogP contribution in [0.25, 0.3) is 0 Å². The van der Waals surface area contributed by atoms with Gasteiger partial charge in [-0.05, 0) is 24.3 Å². The number of hydrogen-bond acceptors (Lipinski definition) is 4.